The molecule has 1 aromatic carbocycles. The van der Waals surface area contributed by atoms with E-state index < -0.39 is 12.1 Å². The van der Waals surface area contributed by atoms with Crippen LogP contribution in [0.5, 0.6) is 0 Å². The average molecular weight is 356 g/mol. The highest BCUT2D eigenvalue weighted by Crippen LogP contribution is 2.39. The maximum absolute atomic E-state index is 13.1. The molecule has 1 aromatic heterocycles. The number of alkyl halides is 3. The molecule has 0 saturated carbocycles. The second kappa shape index (κ2) is 7.66. The summed E-state index contributed by atoms with van der Waals surface area (Å²) in [6, 6.07) is 6.90. The molecule has 3 rings (SSSR count). The number of hydrogen-bond acceptors (Lipinski definition) is 4. The molecule has 2 heterocycles. The molecule has 2 aromatic rings. The number of fused-ring (bicyclic) bond motifs is 1. The number of ether oxygens (including phenoxy) is 1. The van der Waals surface area contributed by atoms with Crippen molar-refractivity contribution in [2.24, 2.45) is 0 Å². The van der Waals surface area contributed by atoms with E-state index in [9.17, 15) is 13.2 Å². The lowest BCUT2D eigenvalue weighted by Gasteiger charge is -2.26. The fourth-order valence-electron chi connectivity index (χ4n) is 3.12. The van der Waals surface area contributed by atoms with Crippen LogP contribution in [0.15, 0.2) is 28.7 Å². The Kier molecular flexibility index (Phi) is 5.54. The lowest BCUT2D eigenvalue weighted by Crippen LogP contribution is -2.38. The number of halogens is 3. The molecule has 0 spiro atoms. The zero-order valence-electron chi connectivity index (χ0n) is 14.2. The van der Waals surface area contributed by atoms with Crippen molar-refractivity contribution in [1.82, 2.24) is 4.90 Å². The van der Waals surface area contributed by atoms with Crippen LogP contribution in [-0.4, -0.2) is 50.5 Å². The van der Waals surface area contributed by atoms with Gasteiger partial charge in [0.05, 0.1) is 13.2 Å². The fraction of sp³-hybridized carbons (Fsp3) is 0.556. The molecule has 0 aliphatic carbocycles. The highest BCUT2D eigenvalue weighted by atomic mass is 19.4. The summed E-state index contributed by atoms with van der Waals surface area (Å²) in [5.41, 5.74) is 1.37. The number of nitrogens with zero attached hydrogens (tertiary/aromatic N) is 1. The molecule has 7 heteroatoms. The molecule has 1 saturated heterocycles. The Labute approximate surface area is 144 Å². The van der Waals surface area contributed by atoms with E-state index in [4.69, 9.17) is 9.15 Å². The van der Waals surface area contributed by atoms with Crippen LogP contribution >= 0.6 is 0 Å². The van der Waals surface area contributed by atoms with Crippen molar-refractivity contribution in [3.05, 3.63) is 30.0 Å². The largest absolute Gasteiger partial charge is 0.460 e. The van der Waals surface area contributed by atoms with Gasteiger partial charge in [-0.05, 0) is 30.7 Å². The highest BCUT2D eigenvalue weighted by molar-refractivity contribution is 5.82. The normalized spacial score (nSPS) is 17.8. The third-order valence-electron chi connectivity index (χ3n) is 4.54. The third-order valence-corrected chi connectivity index (χ3v) is 4.54. The number of rotatable bonds is 6. The van der Waals surface area contributed by atoms with E-state index in [0.717, 1.165) is 45.1 Å². The van der Waals surface area contributed by atoms with Gasteiger partial charge in [0.25, 0.3) is 0 Å². The van der Waals surface area contributed by atoms with Crippen molar-refractivity contribution in [2.75, 3.05) is 44.7 Å². The molecule has 1 fully saturated rings. The van der Waals surface area contributed by atoms with Crippen LogP contribution in [0.1, 0.15) is 25.0 Å². The van der Waals surface area contributed by atoms with Gasteiger partial charge in [-0.25, -0.2) is 0 Å². The van der Waals surface area contributed by atoms with Crippen molar-refractivity contribution in [2.45, 2.75) is 25.4 Å². The molecule has 0 bridgehead atoms. The lowest BCUT2D eigenvalue weighted by molar-refractivity contribution is -0.154. The SMILES string of the molecule is CCC(c1cc2cc(NCCN3CCOCC3)ccc2o1)C(F)(F)F. The van der Waals surface area contributed by atoms with Gasteiger partial charge in [0, 0.05) is 37.3 Å². The summed E-state index contributed by atoms with van der Waals surface area (Å²) in [7, 11) is 0. The number of furan rings is 1. The van der Waals surface area contributed by atoms with Gasteiger partial charge >= 0.3 is 6.18 Å². The van der Waals surface area contributed by atoms with Crippen molar-refractivity contribution < 1.29 is 22.3 Å². The number of hydrogen-bond donors (Lipinski definition) is 1. The van der Waals surface area contributed by atoms with Gasteiger partial charge in [0.15, 0.2) is 0 Å². The summed E-state index contributed by atoms with van der Waals surface area (Å²) < 4.78 is 50.0. The average Bonchev–Trinajstić information content (AvgIpc) is 2.97. The number of morpholine rings is 1. The van der Waals surface area contributed by atoms with Gasteiger partial charge < -0.3 is 14.5 Å². The van der Waals surface area contributed by atoms with Crippen LogP contribution in [0.4, 0.5) is 18.9 Å². The number of nitrogens with one attached hydrogen (secondary N) is 1. The minimum atomic E-state index is -4.29. The zero-order chi connectivity index (χ0) is 17.9. The van der Waals surface area contributed by atoms with E-state index in [1.807, 2.05) is 12.1 Å². The van der Waals surface area contributed by atoms with E-state index in [1.54, 1.807) is 6.07 Å². The Morgan fingerprint density at radius 1 is 1.20 bits per heavy atom. The second-order valence-electron chi connectivity index (χ2n) is 6.28. The Hall–Kier alpha value is -1.73. The third kappa shape index (κ3) is 4.46. The first-order valence-corrected chi connectivity index (χ1v) is 8.61. The Balaban J connectivity index is 1.65. The Morgan fingerprint density at radius 3 is 2.64 bits per heavy atom. The number of anilines is 1. The van der Waals surface area contributed by atoms with Crippen molar-refractivity contribution in [3.8, 4) is 0 Å². The van der Waals surface area contributed by atoms with Gasteiger partial charge in [0.1, 0.15) is 17.3 Å². The molecule has 138 valence electrons. The minimum absolute atomic E-state index is 0.0181. The smallest absolute Gasteiger partial charge is 0.398 e. The summed E-state index contributed by atoms with van der Waals surface area (Å²) in [4.78, 5) is 2.32. The van der Waals surface area contributed by atoms with Gasteiger partial charge in [0.2, 0.25) is 0 Å². The summed E-state index contributed by atoms with van der Waals surface area (Å²) in [5.74, 6) is -1.58. The van der Waals surface area contributed by atoms with Gasteiger partial charge in [-0.3, -0.25) is 4.90 Å². The molecule has 1 aliphatic rings. The second-order valence-corrected chi connectivity index (χ2v) is 6.28. The Morgan fingerprint density at radius 2 is 1.96 bits per heavy atom. The topological polar surface area (TPSA) is 37.6 Å². The molecule has 1 N–H and O–H groups in total. The van der Waals surface area contributed by atoms with Crippen LogP contribution in [-0.2, 0) is 4.74 Å². The standard InChI is InChI=1S/C18H23F3N2O2/c1-2-15(18(19,20)21)17-12-13-11-14(3-4-16(13)25-17)22-5-6-23-7-9-24-10-8-23/h3-4,11-12,15,22H,2,5-10H2,1H3. The summed E-state index contributed by atoms with van der Waals surface area (Å²) >= 11 is 0. The molecule has 1 aliphatic heterocycles. The van der Waals surface area contributed by atoms with Crippen molar-refractivity contribution in [1.29, 1.82) is 0 Å². The van der Waals surface area contributed by atoms with Crippen molar-refractivity contribution >= 4 is 16.7 Å². The van der Waals surface area contributed by atoms with E-state index >= 15 is 0 Å². The Bertz CT molecular complexity index is 693. The van der Waals surface area contributed by atoms with E-state index in [2.05, 4.69) is 10.2 Å². The minimum Gasteiger partial charge on any atom is -0.460 e. The van der Waals surface area contributed by atoms with E-state index in [1.165, 1.54) is 13.0 Å². The van der Waals surface area contributed by atoms with Gasteiger partial charge in [-0.2, -0.15) is 13.2 Å². The van der Waals surface area contributed by atoms with Gasteiger partial charge in [-0.1, -0.05) is 6.92 Å². The first kappa shape index (κ1) is 18.1. The summed E-state index contributed by atoms with van der Waals surface area (Å²) in [5, 5.41) is 4.01. The molecular weight excluding hydrogens is 333 g/mol. The predicted octanol–water partition coefficient (Wildman–Crippen LogP) is 4.23. The highest BCUT2D eigenvalue weighted by Gasteiger charge is 2.41. The van der Waals surface area contributed by atoms with Crippen LogP contribution in [0, 0.1) is 0 Å². The maximum atomic E-state index is 13.1. The molecule has 0 radical (unpaired) electrons. The predicted molar refractivity (Wildman–Crippen MR) is 91.0 cm³/mol. The van der Waals surface area contributed by atoms with Gasteiger partial charge in [-0.15, -0.1) is 0 Å². The molecular formula is C18H23F3N2O2. The fourth-order valence-corrected chi connectivity index (χ4v) is 3.12. The zero-order valence-corrected chi connectivity index (χ0v) is 14.2. The summed E-state index contributed by atoms with van der Waals surface area (Å²) in [6.45, 7) is 6.59. The van der Waals surface area contributed by atoms with Crippen LogP contribution in [0.25, 0.3) is 11.0 Å². The first-order valence-electron chi connectivity index (χ1n) is 8.61. The van der Waals surface area contributed by atoms with Crippen LogP contribution < -0.4 is 5.32 Å². The molecule has 25 heavy (non-hydrogen) atoms. The lowest BCUT2D eigenvalue weighted by atomic mass is 10.0. The quantitative estimate of drug-likeness (QED) is 0.840. The first-order chi connectivity index (χ1) is 12.0. The molecule has 0 amide bonds. The monoisotopic (exact) mass is 356 g/mol. The maximum Gasteiger partial charge on any atom is 0.398 e. The number of benzene rings is 1. The van der Waals surface area contributed by atoms with E-state index in [0.29, 0.717) is 11.0 Å². The van der Waals surface area contributed by atoms with Crippen LogP contribution in [0.3, 0.4) is 0 Å². The van der Waals surface area contributed by atoms with Crippen molar-refractivity contribution in [3.63, 3.8) is 0 Å². The van der Waals surface area contributed by atoms with E-state index in [-0.39, 0.29) is 12.2 Å². The molecule has 1 unspecified atom stereocenters. The molecule has 1 atom stereocenters. The molecule has 4 nitrogen and oxygen atoms in total. The van der Waals surface area contributed by atoms with Crippen LogP contribution in [0.2, 0.25) is 0 Å². The summed E-state index contributed by atoms with van der Waals surface area (Å²) in [6.07, 6.45) is -4.32.